The van der Waals surface area contributed by atoms with E-state index >= 15 is 0 Å². The number of benzene rings is 2. The second-order valence-corrected chi connectivity index (χ2v) is 10.4. The summed E-state index contributed by atoms with van der Waals surface area (Å²) in [5, 5.41) is 1.57. The average molecular weight is 714 g/mol. The second kappa shape index (κ2) is 12.3. The molecule has 0 unspecified atom stereocenters. The van der Waals surface area contributed by atoms with Crippen LogP contribution in [0.3, 0.4) is 0 Å². The number of pyridine rings is 3. The van der Waals surface area contributed by atoms with Gasteiger partial charge in [-0.25, -0.2) is 4.98 Å². The van der Waals surface area contributed by atoms with Crippen molar-refractivity contribution in [3.05, 3.63) is 113 Å². The molecule has 2 aromatic carbocycles. The van der Waals surface area contributed by atoms with Crippen molar-refractivity contribution < 1.29 is 31.1 Å². The van der Waals surface area contributed by atoms with Crippen molar-refractivity contribution in [2.45, 2.75) is 47.3 Å². The fraction of sp³-hybridized carbons (Fsp3) is 0.206. The normalized spacial score (nSPS) is 14.5. The van der Waals surface area contributed by atoms with Crippen LogP contribution < -0.4 is 0 Å². The van der Waals surface area contributed by atoms with Crippen molar-refractivity contribution in [1.82, 2.24) is 15.0 Å². The number of rotatable bonds is 3. The molecular formula is C34H31IrN3S-2. The van der Waals surface area contributed by atoms with Gasteiger partial charge in [-0.3, -0.25) is 0 Å². The summed E-state index contributed by atoms with van der Waals surface area (Å²) in [7, 11) is 0. The number of hydrogen-bond donors (Lipinski definition) is 0. The zero-order valence-corrected chi connectivity index (χ0v) is 25.1. The minimum atomic E-state index is -2.53. The van der Waals surface area contributed by atoms with Gasteiger partial charge in [0.1, 0.15) is 4.83 Å². The van der Waals surface area contributed by atoms with E-state index in [1.165, 1.54) is 34.1 Å². The predicted molar refractivity (Wildman–Crippen MR) is 161 cm³/mol. The van der Waals surface area contributed by atoms with E-state index in [2.05, 4.69) is 73.0 Å². The van der Waals surface area contributed by atoms with Gasteiger partial charge in [-0.15, -0.1) is 59.2 Å². The Balaban J connectivity index is 0.000000238. The summed E-state index contributed by atoms with van der Waals surface area (Å²) in [4.78, 5) is 13.5. The molecule has 0 spiro atoms. The maximum Gasteiger partial charge on any atom is 0.113 e. The molecule has 0 saturated carbocycles. The maximum absolute atomic E-state index is 8.27. The number of aryl methyl sites for hydroxylation is 4. The Kier molecular flexibility index (Phi) is 6.23. The van der Waals surface area contributed by atoms with Crippen molar-refractivity contribution >= 4 is 31.6 Å². The van der Waals surface area contributed by atoms with Gasteiger partial charge in [0.25, 0.3) is 0 Å². The summed E-state index contributed by atoms with van der Waals surface area (Å²) in [6.45, 7) is 3.76. The first-order valence-electron chi connectivity index (χ1n) is 16.2. The van der Waals surface area contributed by atoms with E-state index in [4.69, 9.17) is 11.0 Å². The fourth-order valence-corrected chi connectivity index (χ4v) is 5.40. The Labute approximate surface area is 260 Å². The van der Waals surface area contributed by atoms with E-state index in [-0.39, 0.29) is 43.1 Å². The molecular weight excluding hydrogens is 675 g/mol. The van der Waals surface area contributed by atoms with E-state index < -0.39 is 19.7 Å². The number of aromatic nitrogens is 3. The van der Waals surface area contributed by atoms with Crippen molar-refractivity contribution in [3.8, 4) is 22.5 Å². The molecule has 4 heterocycles. The molecule has 0 aliphatic heterocycles. The Bertz CT molecular complexity index is 2050. The number of fused-ring (bicyclic) bond motifs is 3. The molecule has 5 heteroatoms. The molecule has 199 valence electrons. The number of nitrogens with zero attached hydrogens (tertiary/aromatic N) is 3. The van der Waals surface area contributed by atoms with Crippen molar-refractivity contribution in [2.75, 3.05) is 0 Å². The second-order valence-electron chi connectivity index (χ2n) is 9.38. The SMILES string of the molecule is Cc1c[c-]c(-c2cc(C)c(C(C)C)cn2)cc1.[2H]c1c(C([2H])([2H])[2H])cnc(-c2[c-]ccc3c2sc2nc(C([2H])([2H])[2H])ccc23)c1[2H].[Ir]. The van der Waals surface area contributed by atoms with Crippen molar-refractivity contribution in [1.29, 1.82) is 0 Å². The Morgan fingerprint density at radius 2 is 1.74 bits per heavy atom. The van der Waals surface area contributed by atoms with Crippen LogP contribution in [0.5, 0.6) is 0 Å². The minimum absolute atomic E-state index is 0. The quantitative estimate of drug-likeness (QED) is 0.172. The molecule has 0 aliphatic rings. The third-order valence-corrected chi connectivity index (χ3v) is 7.32. The average Bonchev–Trinajstić information content (AvgIpc) is 3.36. The monoisotopic (exact) mass is 714 g/mol. The first kappa shape index (κ1) is 19.8. The molecule has 6 aromatic rings. The first-order valence-corrected chi connectivity index (χ1v) is 13.0. The van der Waals surface area contributed by atoms with E-state index in [0.29, 0.717) is 21.0 Å². The van der Waals surface area contributed by atoms with Crippen LogP contribution >= 0.6 is 11.3 Å². The molecule has 0 aliphatic carbocycles. The maximum atomic E-state index is 8.27. The van der Waals surface area contributed by atoms with Crippen LogP contribution in [0.25, 0.3) is 42.8 Å². The summed E-state index contributed by atoms with van der Waals surface area (Å²) >= 11 is 1.25. The summed E-state index contributed by atoms with van der Waals surface area (Å²) in [6, 6.07) is 20.6. The van der Waals surface area contributed by atoms with Crippen LogP contribution in [0.15, 0.2) is 73.0 Å². The van der Waals surface area contributed by atoms with Gasteiger partial charge in [0.2, 0.25) is 0 Å². The molecule has 0 N–H and O–H groups in total. The third kappa shape index (κ3) is 6.33. The zero-order valence-electron chi connectivity index (χ0n) is 29.9. The Morgan fingerprint density at radius 1 is 0.897 bits per heavy atom. The standard InChI is InChI=1S/C18H13N2S.C16H18N.Ir/c1-11-6-9-16(19-10-11)15-5-3-4-13-14-8-7-12(2)20-18(14)21-17(13)15;1-11(2)15-10-17-16(9-13(15)4)14-7-5-12(3)6-8-14;/h3-4,6-10H,1-2H3;5-7,9-11H,1-4H3;/q2*-1;/i1D3,2D3,6D,9D;;. The summed E-state index contributed by atoms with van der Waals surface area (Å²) in [5.74, 6) is 0.526. The summed E-state index contributed by atoms with van der Waals surface area (Å²) in [5.41, 5.74) is 6.24. The molecule has 0 atom stereocenters. The molecule has 0 saturated heterocycles. The van der Waals surface area contributed by atoms with E-state index in [9.17, 15) is 0 Å². The predicted octanol–water partition coefficient (Wildman–Crippen LogP) is 9.22. The van der Waals surface area contributed by atoms with Gasteiger partial charge >= 0.3 is 0 Å². The van der Waals surface area contributed by atoms with Gasteiger partial charge in [0.05, 0.1) is 2.74 Å². The van der Waals surface area contributed by atoms with Crippen LogP contribution in [0.4, 0.5) is 0 Å². The van der Waals surface area contributed by atoms with E-state index in [1.807, 2.05) is 18.3 Å². The van der Waals surface area contributed by atoms with E-state index in [1.54, 1.807) is 12.1 Å². The van der Waals surface area contributed by atoms with Gasteiger partial charge in [-0.1, -0.05) is 55.9 Å². The summed E-state index contributed by atoms with van der Waals surface area (Å²) < 4.78 is 62.2. The topological polar surface area (TPSA) is 38.7 Å². The summed E-state index contributed by atoms with van der Waals surface area (Å²) in [6.07, 6.45) is 3.09. The van der Waals surface area contributed by atoms with Crippen LogP contribution in [-0.2, 0) is 20.1 Å². The molecule has 39 heavy (non-hydrogen) atoms. The largest absolute Gasteiger partial charge is 0.304 e. The Morgan fingerprint density at radius 3 is 2.46 bits per heavy atom. The van der Waals surface area contributed by atoms with Gasteiger partial charge in [-0.05, 0) is 65.2 Å². The molecule has 3 nitrogen and oxygen atoms in total. The minimum Gasteiger partial charge on any atom is -0.304 e. The fourth-order valence-electron chi connectivity index (χ4n) is 4.23. The molecule has 6 rings (SSSR count). The third-order valence-electron chi connectivity index (χ3n) is 6.19. The van der Waals surface area contributed by atoms with Crippen molar-refractivity contribution in [3.63, 3.8) is 0 Å². The number of hydrogen-bond acceptors (Lipinski definition) is 4. The first-order chi connectivity index (χ1) is 21.6. The molecule has 1 radical (unpaired) electrons. The van der Waals surface area contributed by atoms with Crippen molar-refractivity contribution in [2.24, 2.45) is 0 Å². The molecule has 0 bridgehead atoms. The molecule has 0 fully saturated rings. The van der Waals surface area contributed by atoms with Gasteiger partial charge in [0.15, 0.2) is 0 Å². The van der Waals surface area contributed by atoms with Crippen LogP contribution in [0, 0.1) is 39.7 Å². The molecule has 0 amide bonds. The van der Waals surface area contributed by atoms with Crippen LogP contribution in [0.2, 0.25) is 0 Å². The molecule has 4 aromatic heterocycles. The smallest absolute Gasteiger partial charge is 0.113 e. The van der Waals surface area contributed by atoms with Gasteiger partial charge in [0, 0.05) is 46.4 Å². The number of thiophene rings is 1. The van der Waals surface area contributed by atoms with Crippen LogP contribution in [-0.4, -0.2) is 15.0 Å². The Hall–Kier alpha value is -3.24. The van der Waals surface area contributed by atoms with E-state index in [0.717, 1.165) is 28.2 Å². The zero-order chi connectivity index (χ0) is 33.6. The van der Waals surface area contributed by atoms with Crippen LogP contribution in [0.1, 0.15) is 58.7 Å². The van der Waals surface area contributed by atoms with Gasteiger partial charge < -0.3 is 9.97 Å². The van der Waals surface area contributed by atoms with Gasteiger partial charge in [-0.2, -0.15) is 11.3 Å².